The predicted molar refractivity (Wildman–Crippen MR) is 33.2 cm³/mol. The van der Waals surface area contributed by atoms with Crippen LogP contribution in [0.5, 0.6) is 5.75 Å². The van der Waals surface area contributed by atoms with Crippen LogP contribution in [-0.2, 0) is 5.11 Å². The van der Waals surface area contributed by atoms with Gasteiger partial charge >= 0.3 is 5.69 Å². The van der Waals surface area contributed by atoms with Gasteiger partial charge in [0.05, 0.1) is 4.92 Å². The minimum Gasteiger partial charge on any atom is -0.282 e. The lowest BCUT2D eigenvalue weighted by Crippen LogP contribution is -1.87. The molecule has 0 fully saturated rings. The van der Waals surface area contributed by atoms with Crippen molar-refractivity contribution >= 4 is 5.69 Å². The molecule has 1 aromatic carbocycles. The number of nitro benzene ring substituents is 1. The second-order valence-electron chi connectivity index (χ2n) is 1.87. The van der Waals surface area contributed by atoms with Crippen LogP contribution in [0.25, 0.3) is 0 Å². The molecular weight excluding hydrogens is 153 g/mol. The van der Waals surface area contributed by atoms with E-state index in [1.165, 1.54) is 0 Å². The lowest BCUT2D eigenvalue weighted by atomic mass is 10.3. The Hall–Kier alpha value is -1.65. The molecule has 0 aliphatic carbocycles. The van der Waals surface area contributed by atoms with Crippen LogP contribution in [-0.4, -0.2) is 4.92 Å². The molecular formula is C6H3FNO3. The molecule has 0 aliphatic heterocycles. The Morgan fingerprint density at radius 1 is 1.45 bits per heavy atom. The molecule has 57 valence electrons. The van der Waals surface area contributed by atoms with Gasteiger partial charge < -0.3 is 0 Å². The van der Waals surface area contributed by atoms with Gasteiger partial charge in [0.25, 0.3) is 5.75 Å². The highest BCUT2D eigenvalue weighted by Gasteiger charge is 2.14. The first-order valence-corrected chi connectivity index (χ1v) is 2.72. The maximum absolute atomic E-state index is 12.2. The molecule has 0 unspecified atom stereocenters. The molecule has 11 heavy (non-hydrogen) atoms. The third-order valence-corrected chi connectivity index (χ3v) is 1.12. The van der Waals surface area contributed by atoms with Gasteiger partial charge in [-0.3, -0.25) is 15.2 Å². The Kier molecular flexibility index (Phi) is 1.72. The van der Waals surface area contributed by atoms with Gasteiger partial charge in [-0.1, -0.05) is 0 Å². The second-order valence-corrected chi connectivity index (χ2v) is 1.87. The number of nitro groups is 1. The fourth-order valence-corrected chi connectivity index (χ4v) is 0.639. The van der Waals surface area contributed by atoms with E-state index in [1.54, 1.807) is 0 Å². The van der Waals surface area contributed by atoms with Gasteiger partial charge in [-0.15, -0.1) is 0 Å². The molecule has 1 radical (unpaired) electrons. The van der Waals surface area contributed by atoms with E-state index in [0.29, 0.717) is 6.07 Å². The van der Waals surface area contributed by atoms with Crippen molar-refractivity contribution in [2.45, 2.75) is 0 Å². The zero-order valence-corrected chi connectivity index (χ0v) is 5.28. The summed E-state index contributed by atoms with van der Waals surface area (Å²) in [5.74, 6) is -1.67. The van der Waals surface area contributed by atoms with Crippen molar-refractivity contribution in [1.29, 1.82) is 0 Å². The summed E-state index contributed by atoms with van der Waals surface area (Å²) in [5, 5.41) is 20.6. The lowest BCUT2D eigenvalue weighted by molar-refractivity contribution is -0.386. The quantitative estimate of drug-likeness (QED) is 0.460. The van der Waals surface area contributed by atoms with E-state index in [1.807, 2.05) is 0 Å². The van der Waals surface area contributed by atoms with E-state index in [2.05, 4.69) is 0 Å². The topological polar surface area (TPSA) is 63.0 Å². The van der Waals surface area contributed by atoms with Crippen molar-refractivity contribution in [1.82, 2.24) is 0 Å². The maximum atomic E-state index is 12.2. The van der Waals surface area contributed by atoms with Crippen LogP contribution in [0.3, 0.4) is 0 Å². The molecule has 0 bridgehead atoms. The van der Waals surface area contributed by atoms with Gasteiger partial charge in [0.1, 0.15) is 5.82 Å². The monoisotopic (exact) mass is 156 g/mol. The molecule has 0 atom stereocenters. The predicted octanol–water partition coefficient (Wildman–Crippen LogP) is 1.88. The smallest absolute Gasteiger partial charge is 0.282 e. The highest BCUT2D eigenvalue weighted by atomic mass is 19.1. The Morgan fingerprint density at radius 3 is 2.55 bits per heavy atom. The van der Waals surface area contributed by atoms with E-state index >= 15 is 0 Å². The SMILES string of the molecule is [O]c1cc(F)ccc1[N+](=O)[O-]. The molecule has 1 aromatic rings. The molecule has 4 nitrogen and oxygen atoms in total. The summed E-state index contributed by atoms with van der Waals surface area (Å²) in [7, 11) is 0. The highest BCUT2D eigenvalue weighted by Crippen LogP contribution is 2.25. The summed E-state index contributed by atoms with van der Waals surface area (Å²) < 4.78 is 12.2. The van der Waals surface area contributed by atoms with Gasteiger partial charge in [0.2, 0.25) is 0 Å². The summed E-state index contributed by atoms with van der Waals surface area (Å²) in [4.78, 5) is 9.17. The average Bonchev–Trinajstić information content (AvgIpc) is 1.85. The van der Waals surface area contributed by atoms with Gasteiger partial charge in [-0.05, 0) is 6.07 Å². The second kappa shape index (κ2) is 2.53. The average molecular weight is 156 g/mol. The fraction of sp³-hybridized carbons (Fsp3) is 0. The molecule has 0 amide bonds. The third kappa shape index (κ3) is 1.43. The minimum absolute atomic E-state index is 0.581. The van der Waals surface area contributed by atoms with Crippen LogP contribution >= 0.6 is 0 Å². The van der Waals surface area contributed by atoms with Crippen molar-refractivity contribution in [3.63, 3.8) is 0 Å². The molecule has 0 spiro atoms. The number of hydrogen-bond acceptors (Lipinski definition) is 2. The lowest BCUT2D eigenvalue weighted by Gasteiger charge is -1.90. The summed E-state index contributed by atoms with van der Waals surface area (Å²) in [5.41, 5.74) is -0.605. The van der Waals surface area contributed by atoms with Crippen molar-refractivity contribution in [3.05, 3.63) is 34.1 Å². The fourth-order valence-electron chi connectivity index (χ4n) is 0.639. The number of nitrogens with zero attached hydrogens (tertiary/aromatic N) is 1. The van der Waals surface area contributed by atoms with Crippen LogP contribution in [0, 0.1) is 15.9 Å². The number of hydrogen-bond donors (Lipinski definition) is 0. The molecule has 0 N–H and O–H groups in total. The first-order chi connectivity index (χ1) is 5.11. The first kappa shape index (κ1) is 7.46. The number of halogens is 1. The van der Waals surface area contributed by atoms with E-state index in [-0.39, 0.29) is 0 Å². The first-order valence-electron chi connectivity index (χ1n) is 2.72. The van der Waals surface area contributed by atoms with Crippen molar-refractivity contribution < 1.29 is 14.4 Å². The van der Waals surface area contributed by atoms with Crippen LogP contribution in [0.15, 0.2) is 18.2 Å². The molecule has 0 saturated heterocycles. The minimum atomic E-state index is -0.907. The van der Waals surface area contributed by atoms with Crippen molar-refractivity contribution in [3.8, 4) is 5.75 Å². The summed E-state index contributed by atoms with van der Waals surface area (Å²) in [6.45, 7) is 0. The van der Waals surface area contributed by atoms with Crippen LogP contribution in [0.2, 0.25) is 0 Å². The van der Waals surface area contributed by atoms with Crippen LogP contribution in [0.4, 0.5) is 10.1 Å². The molecule has 5 heteroatoms. The molecule has 0 aliphatic rings. The highest BCUT2D eigenvalue weighted by molar-refractivity contribution is 5.44. The van der Waals surface area contributed by atoms with Gasteiger partial charge in [0.15, 0.2) is 0 Å². The summed E-state index contributed by atoms with van der Waals surface area (Å²) >= 11 is 0. The van der Waals surface area contributed by atoms with Gasteiger partial charge in [-0.2, -0.15) is 0 Å². The Balaban J connectivity index is 3.20. The van der Waals surface area contributed by atoms with Crippen LogP contribution < -0.4 is 0 Å². The third-order valence-electron chi connectivity index (χ3n) is 1.12. The van der Waals surface area contributed by atoms with E-state index in [9.17, 15) is 19.6 Å². The van der Waals surface area contributed by atoms with E-state index < -0.39 is 22.2 Å². The Labute approximate surface area is 61.0 Å². The van der Waals surface area contributed by atoms with Crippen LogP contribution in [0.1, 0.15) is 0 Å². The molecule has 0 aromatic heterocycles. The number of benzene rings is 1. The Bertz CT molecular complexity index is 300. The standard InChI is InChI=1S/C6H3FNO3/c7-4-1-2-5(8(10)11)6(9)3-4/h1-3H. The zero-order valence-electron chi connectivity index (χ0n) is 5.28. The van der Waals surface area contributed by atoms with E-state index in [4.69, 9.17) is 0 Å². The molecule has 0 saturated carbocycles. The largest absolute Gasteiger partial charge is 0.316 e. The van der Waals surface area contributed by atoms with Crippen molar-refractivity contribution in [2.24, 2.45) is 0 Å². The van der Waals surface area contributed by atoms with E-state index in [0.717, 1.165) is 12.1 Å². The Morgan fingerprint density at radius 2 is 2.09 bits per heavy atom. The van der Waals surface area contributed by atoms with Gasteiger partial charge in [-0.25, -0.2) is 4.39 Å². The summed E-state index contributed by atoms with van der Waals surface area (Å²) in [6, 6.07) is 2.30. The maximum Gasteiger partial charge on any atom is 0.316 e. The summed E-state index contributed by atoms with van der Waals surface area (Å²) in [6.07, 6.45) is 0. The molecule has 0 heterocycles. The number of rotatable bonds is 1. The van der Waals surface area contributed by atoms with Gasteiger partial charge in [0, 0.05) is 12.1 Å². The zero-order chi connectivity index (χ0) is 8.43. The molecule has 1 rings (SSSR count). The van der Waals surface area contributed by atoms with Crippen molar-refractivity contribution in [2.75, 3.05) is 0 Å². The normalized spacial score (nSPS) is 9.55.